The van der Waals surface area contributed by atoms with Gasteiger partial charge in [-0.3, -0.25) is 9.78 Å². The first-order valence-electron chi connectivity index (χ1n) is 10.4. The van der Waals surface area contributed by atoms with Crippen LogP contribution in [-0.2, 0) is 16.0 Å². The summed E-state index contributed by atoms with van der Waals surface area (Å²) in [6.07, 6.45) is -0.269. The molecule has 1 fully saturated rings. The van der Waals surface area contributed by atoms with Gasteiger partial charge < -0.3 is 20.7 Å². The molecule has 1 saturated carbocycles. The third-order valence-corrected chi connectivity index (χ3v) is 7.05. The molecule has 8 heteroatoms. The molecule has 0 saturated heterocycles. The van der Waals surface area contributed by atoms with E-state index in [1.54, 1.807) is 49.4 Å². The number of nitrogens with zero attached hydrogens (tertiary/aromatic N) is 2. The van der Waals surface area contributed by atoms with Crippen molar-refractivity contribution < 1.29 is 19.7 Å². The van der Waals surface area contributed by atoms with Gasteiger partial charge in [-0.2, -0.15) is 5.26 Å². The number of pyridine rings is 1. The fraction of sp³-hybridized carbons (Fsp3) is 0.240. The summed E-state index contributed by atoms with van der Waals surface area (Å²) in [5.41, 5.74) is 4.32. The van der Waals surface area contributed by atoms with E-state index in [0.29, 0.717) is 27.3 Å². The number of aliphatic hydroxyl groups is 2. The molecule has 4 N–H and O–H groups in total. The van der Waals surface area contributed by atoms with Crippen LogP contribution >= 0.6 is 11.6 Å². The van der Waals surface area contributed by atoms with Gasteiger partial charge in [0.05, 0.1) is 22.6 Å². The highest BCUT2D eigenvalue weighted by Gasteiger charge is 2.77. The summed E-state index contributed by atoms with van der Waals surface area (Å²) in [4.78, 5) is 17.0. The number of ether oxygens (including phenoxy) is 1. The second-order valence-corrected chi connectivity index (χ2v) is 8.94. The van der Waals surface area contributed by atoms with Crippen LogP contribution in [0, 0.1) is 24.2 Å². The Morgan fingerprint density at radius 1 is 1.24 bits per heavy atom. The predicted octanol–water partition coefficient (Wildman–Crippen LogP) is 2.65. The van der Waals surface area contributed by atoms with E-state index in [0.717, 1.165) is 0 Å². The first kappa shape index (κ1) is 21.4. The molecule has 0 radical (unpaired) electrons. The van der Waals surface area contributed by atoms with Crippen LogP contribution in [0.2, 0.25) is 5.02 Å². The molecular weight excluding hydrogens is 442 g/mol. The summed E-state index contributed by atoms with van der Waals surface area (Å²) in [5, 5.41) is 33.4. The van der Waals surface area contributed by atoms with Crippen molar-refractivity contribution in [2.24, 2.45) is 11.7 Å². The number of hydrogen-bond donors (Lipinski definition) is 3. The largest absolute Gasteiger partial charge is 0.476 e. The molecule has 0 spiro atoms. The Morgan fingerprint density at radius 3 is 2.61 bits per heavy atom. The molecule has 33 heavy (non-hydrogen) atoms. The van der Waals surface area contributed by atoms with Crippen LogP contribution in [0.4, 0.5) is 0 Å². The molecule has 0 bridgehead atoms. The SMILES string of the molecule is Cc1cc([C@@]23Oc4cc(Cl)cnc4[C@]2(O)[C@H](O)[C@H](C(N)=O)[C@H]3c2ccccc2)ccc1C#N. The maximum absolute atomic E-state index is 12.7. The van der Waals surface area contributed by atoms with E-state index in [4.69, 9.17) is 22.1 Å². The van der Waals surface area contributed by atoms with Gasteiger partial charge in [-0.15, -0.1) is 0 Å². The number of aromatic nitrogens is 1. The normalized spacial score (nSPS) is 29.6. The maximum Gasteiger partial charge on any atom is 0.224 e. The average molecular weight is 462 g/mol. The Hall–Kier alpha value is -3.44. The Labute approximate surface area is 195 Å². The molecule has 7 nitrogen and oxygen atoms in total. The number of aliphatic hydroxyl groups excluding tert-OH is 1. The number of carbonyl (C=O) groups is 1. The van der Waals surface area contributed by atoms with E-state index < -0.39 is 35.0 Å². The minimum Gasteiger partial charge on any atom is -0.476 e. The van der Waals surface area contributed by atoms with Crippen LogP contribution in [0.25, 0.3) is 0 Å². The molecular formula is C25H20ClN3O4. The number of primary amides is 1. The van der Waals surface area contributed by atoms with E-state index in [-0.39, 0.29) is 11.4 Å². The molecule has 1 aliphatic heterocycles. The number of amides is 1. The first-order chi connectivity index (χ1) is 15.8. The van der Waals surface area contributed by atoms with Crippen LogP contribution in [-0.4, -0.2) is 27.2 Å². The topological polar surface area (TPSA) is 129 Å². The number of benzene rings is 2. The Morgan fingerprint density at radius 2 is 1.97 bits per heavy atom. The van der Waals surface area contributed by atoms with Crippen LogP contribution in [0.15, 0.2) is 60.8 Å². The van der Waals surface area contributed by atoms with Crippen molar-refractivity contribution in [1.82, 2.24) is 4.98 Å². The Kier molecular flexibility index (Phi) is 4.73. The van der Waals surface area contributed by atoms with Crippen molar-refractivity contribution in [2.45, 2.75) is 30.1 Å². The number of rotatable bonds is 3. The van der Waals surface area contributed by atoms with Gasteiger partial charge in [0.1, 0.15) is 17.5 Å². The lowest BCUT2D eigenvalue weighted by Gasteiger charge is -2.40. The summed E-state index contributed by atoms with van der Waals surface area (Å²) in [6, 6.07) is 17.7. The van der Waals surface area contributed by atoms with Gasteiger partial charge in [-0.05, 0) is 29.7 Å². The van der Waals surface area contributed by atoms with Crippen molar-refractivity contribution in [3.8, 4) is 11.8 Å². The van der Waals surface area contributed by atoms with Gasteiger partial charge in [-0.25, -0.2) is 0 Å². The Balaban J connectivity index is 1.88. The molecule has 0 unspecified atom stereocenters. The third kappa shape index (κ3) is 2.69. The van der Waals surface area contributed by atoms with Gasteiger partial charge in [0, 0.05) is 18.2 Å². The van der Waals surface area contributed by atoms with Gasteiger partial charge in [0.15, 0.2) is 11.2 Å². The lowest BCUT2D eigenvalue weighted by atomic mass is 9.71. The lowest BCUT2D eigenvalue weighted by Crippen LogP contribution is -2.52. The van der Waals surface area contributed by atoms with Gasteiger partial charge in [0.2, 0.25) is 5.91 Å². The van der Waals surface area contributed by atoms with Crippen LogP contribution < -0.4 is 10.5 Å². The summed E-state index contributed by atoms with van der Waals surface area (Å²) < 4.78 is 6.49. The summed E-state index contributed by atoms with van der Waals surface area (Å²) in [7, 11) is 0. The molecule has 166 valence electrons. The standard InChI is InChI=1S/C25H20ClN3O4/c1-13-9-16(8-7-15(13)11-27)25-20(14-5-3-2-4-6-14)19(23(28)31)22(30)24(25,32)21-18(33-25)10-17(26)12-29-21/h2-10,12,19-20,22,30,32H,1H3,(H2,28,31)/t19-,20-,22-,24+,25+/m1/s1. The Bertz CT molecular complexity index is 1320. The summed E-state index contributed by atoms with van der Waals surface area (Å²) in [5.74, 6) is -2.62. The van der Waals surface area contributed by atoms with Gasteiger partial charge >= 0.3 is 0 Å². The quantitative estimate of drug-likeness (QED) is 0.549. The van der Waals surface area contributed by atoms with Crippen LogP contribution in [0.1, 0.15) is 33.9 Å². The summed E-state index contributed by atoms with van der Waals surface area (Å²) >= 11 is 6.15. The van der Waals surface area contributed by atoms with E-state index in [2.05, 4.69) is 11.1 Å². The molecule has 2 aliphatic rings. The van der Waals surface area contributed by atoms with Crippen molar-refractivity contribution in [2.75, 3.05) is 0 Å². The number of fused-ring (bicyclic) bond motifs is 3. The van der Waals surface area contributed by atoms with E-state index >= 15 is 0 Å². The highest BCUT2D eigenvalue weighted by molar-refractivity contribution is 6.30. The monoisotopic (exact) mass is 461 g/mol. The van der Waals surface area contributed by atoms with Gasteiger partial charge in [-0.1, -0.05) is 54.1 Å². The highest BCUT2D eigenvalue weighted by atomic mass is 35.5. The molecule has 1 aromatic heterocycles. The van der Waals surface area contributed by atoms with Gasteiger partial charge in [0.25, 0.3) is 0 Å². The highest BCUT2D eigenvalue weighted by Crippen LogP contribution is 2.68. The fourth-order valence-corrected chi connectivity index (χ4v) is 5.62. The molecule has 1 aliphatic carbocycles. The summed E-state index contributed by atoms with van der Waals surface area (Å²) in [6.45, 7) is 1.77. The second-order valence-electron chi connectivity index (χ2n) is 8.51. The second kappa shape index (κ2) is 7.29. The zero-order valence-electron chi connectivity index (χ0n) is 17.6. The van der Waals surface area contributed by atoms with E-state index in [1.165, 1.54) is 12.3 Å². The predicted molar refractivity (Wildman–Crippen MR) is 119 cm³/mol. The third-order valence-electron chi connectivity index (χ3n) is 6.85. The number of nitrogens with two attached hydrogens (primary N) is 1. The molecule has 2 aromatic carbocycles. The van der Waals surface area contributed by atoms with Crippen molar-refractivity contribution in [1.29, 1.82) is 5.26 Å². The minimum absolute atomic E-state index is 0.0751. The van der Waals surface area contributed by atoms with E-state index in [9.17, 15) is 20.3 Å². The zero-order chi connectivity index (χ0) is 23.5. The number of aryl methyl sites for hydroxylation is 1. The lowest BCUT2D eigenvalue weighted by molar-refractivity contribution is -0.155. The number of carbonyl (C=O) groups excluding carboxylic acids is 1. The average Bonchev–Trinajstić information content (AvgIpc) is 3.17. The molecule has 5 rings (SSSR count). The van der Waals surface area contributed by atoms with Crippen molar-refractivity contribution in [3.63, 3.8) is 0 Å². The first-order valence-corrected chi connectivity index (χ1v) is 10.7. The molecule has 1 amide bonds. The van der Waals surface area contributed by atoms with E-state index in [1.807, 2.05) is 6.07 Å². The molecule has 3 aromatic rings. The smallest absolute Gasteiger partial charge is 0.224 e. The van der Waals surface area contributed by atoms with Crippen LogP contribution in [0.3, 0.4) is 0 Å². The minimum atomic E-state index is -2.12. The van der Waals surface area contributed by atoms with Crippen molar-refractivity contribution in [3.05, 3.63) is 93.8 Å². The molecule has 5 atom stereocenters. The number of hydrogen-bond acceptors (Lipinski definition) is 6. The molecule has 2 heterocycles. The zero-order valence-corrected chi connectivity index (χ0v) is 18.3. The fourth-order valence-electron chi connectivity index (χ4n) is 5.47. The van der Waals surface area contributed by atoms with Crippen molar-refractivity contribution >= 4 is 17.5 Å². The number of halogens is 1. The maximum atomic E-state index is 12.7. The number of nitriles is 1. The van der Waals surface area contributed by atoms with Crippen LogP contribution in [0.5, 0.6) is 5.75 Å².